The number of hydrogen-bond donors (Lipinski definition) is 1. The summed E-state index contributed by atoms with van der Waals surface area (Å²) in [6, 6.07) is 5.28. The van der Waals surface area contributed by atoms with Crippen molar-refractivity contribution >= 4 is 11.8 Å². The SMILES string of the molecule is C[C@@H](NC(=O)Cc1ccc(F)cc1)C(=O)N1CCCCC1. The predicted molar refractivity (Wildman–Crippen MR) is 78.1 cm³/mol. The average Bonchev–Trinajstić information content (AvgIpc) is 2.49. The van der Waals surface area contributed by atoms with Crippen molar-refractivity contribution in [3.63, 3.8) is 0 Å². The molecule has 1 N–H and O–H groups in total. The molecule has 2 amide bonds. The van der Waals surface area contributed by atoms with Gasteiger partial charge in [-0.3, -0.25) is 9.59 Å². The van der Waals surface area contributed by atoms with E-state index in [1.165, 1.54) is 12.1 Å². The fraction of sp³-hybridized carbons (Fsp3) is 0.500. The summed E-state index contributed by atoms with van der Waals surface area (Å²) < 4.78 is 12.8. The third-order valence-electron chi connectivity index (χ3n) is 3.69. The lowest BCUT2D eigenvalue weighted by Gasteiger charge is -2.29. The minimum absolute atomic E-state index is 0.0258. The summed E-state index contributed by atoms with van der Waals surface area (Å²) in [5.41, 5.74) is 0.728. The quantitative estimate of drug-likeness (QED) is 0.921. The van der Waals surface area contributed by atoms with Crippen LogP contribution >= 0.6 is 0 Å². The van der Waals surface area contributed by atoms with E-state index in [0.29, 0.717) is 0 Å². The molecule has 0 spiro atoms. The lowest BCUT2D eigenvalue weighted by atomic mass is 10.1. The Morgan fingerprint density at radius 2 is 1.81 bits per heavy atom. The molecule has 0 unspecified atom stereocenters. The maximum Gasteiger partial charge on any atom is 0.244 e. The van der Waals surface area contributed by atoms with Gasteiger partial charge in [0.25, 0.3) is 0 Å². The van der Waals surface area contributed by atoms with E-state index in [2.05, 4.69) is 5.32 Å². The van der Waals surface area contributed by atoms with Crippen LogP contribution in [0.5, 0.6) is 0 Å². The lowest BCUT2D eigenvalue weighted by molar-refractivity contribution is -0.136. The van der Waals surface area contributed by atoms with Crippen molar-refractivity contribution in [1.82, 2.24) is 10.2 Å². The summed E-state index contributed by atoms with van der Waals surface area (Å²) in [5, 5.41) is 2.72. The van der Waals surface area contributed by atoms with Gasteiger partial charge in [-0.25, -0.2) is 4.39 Å². The second-order valence-electron chi connectivity index (χ2n) is 5.48. The van der Waals surface area contributed by atoms with Gasteiger partial charge in [0.15, 0.2) is 0 Å². The van der Waals surface area contributed by atoms with Crippen molar-refractivity contribution in [2.75, 3.05) is 13.1 Å². The van der Waals surface area contributed by atoms with Crippen LogP contribution in [0.1, 0.15) is 31.7 Å². The first-order valence-corrected chi connectivity index (χ1v) is 7.39. The van der Waals surface area contributed by atoms with E-state index in [-0.39, 0.29) is 24.1 Å². The van der Waals surface area contributed by atoms with E-state index < -0.39 is 6.04 Å². The van der Waals surface area contributed by atoms with Gasteiger partial charge in [-0.2, -0.15) is 0 Å². The van der Waals surface area contributed by atoms with E-state index in [0.717, 1.165) is 37.9 Å². The number of halogens is 1. The highest BCUT2D eigenvalue weighted by atomic mass is 19.1. The third-order valence-corrected chi connectivity index (χ3v) is 3.69. The van der Waals surface area contributed by atoms with Crippen LogP contribution in [0.25, 0.3) is 0 Å². The number of nitrogens with one attached hydrogen (secondary N) is 1. The van der Waals surface area contributed by atoms with Gasteiger partial charge in [0.05, 0.1) is 6.42 Å². The highest BCUT2D eigenvalue weighted by Crippen LogP contribution is 2.10. The van der Waals surface area contributed by atoms with Gasteiger partial charge in [0.2, 0.25) is 11.8 Å². The molecular formula is C16H21FN2O2. The van der Waals surface area contributed by atoms with Crippen LogP contribution in [0.3, 0.4) is 0 Å². The zero-order chi connectivity index (χ0) is 15.2. The molecule has 1 aromatic rings. The van der Waals surface area contributed by atoms with Crippen LogP contribution in [0.2, 0.25) is 0 Å². The molecule has 0 aromatic heterocycles. The summed E-state index contributed by atoms with van der Waals surface area (Å²) in [7, 11) is 0. The Bertz CT molecular complexity index is 496. The number of benzene rings is 1. The van der Waals surface area contributed by atoms with Gasteiger partial charge in [0, 0.05) is 13.1 Å². The minimum Gasteiger partial charge on any atom is -0.344 e. The van der Waals surface area contributed by atoms with Crippen molar-refractivity contribution in [3.8, 4) is 0 Å². The van der Waals surface area contributed by atoms with Gasteiger partial charge < -0.3 is 10.2 Å². The Morgan fingerprint density at radius 3 is 2.43 bits per heavy atom. The molecule has 1 aliphatic rings. The van der Waals surface area contributed by atoms with Crippen LogP contribution in [-0.4, -0.2) is 35.8 Å². The first-order chi connectivity index (χ1) is 10.1. The lowest BCUT2D eigenvalue weighted by Crippen LogP contribution is -2.48. The predicted octanol–water partition coefficient (Wildman–Crippen LogP) is 1.89. The van der Waals surface area contributed by atoms with E-state index in [1.807, 2.05) is 4.90 Å². The fourth-order valence-electron chi connectivity index (χ4n) is 2.53. The number of piperidine rings is 1. The van der Waals surface area contributed by atoms with Crippen LogP contribution in [0.4, 0.5) is 4.39 Å². The topological polar surface area (TPSA) is 49.4 Å². The van der Waals surface area contributed by atoms with Gasteiger partial charge >= 0.3 is 0 Å². The summed E-state index contributed by atoms with van der Waals surface area (Å²) in [4.78, 5) is 25.9. The molecule has 0 aliphatic carbocycles. The molecule has 1 saturated heterocycles. The zero-order valence-corrected chi connectivity index (χ0v) is 12.3. The highest BCUT2D eigenvalue weighted by Gasteiger charge is 2.23. The second kappa shape index (κ2) is 7.20. The van der Waals surface area contributed by atoms with Crippen LogP contribution in [0, 0.1) is 5.82 Å². The molecule has 1 heterocycles. The number of carbonyl (C=O) groups is 2. The summed E-state index contributed by atoms with van der Waals surface area (Å²) in [6.45, 7) is 3.26. The molecule has 0 saturated carbocycles. The molecule has 114 valence electrons. The molecule has 5 heteroatoms. The monoisotopic (exact) mass is 292 g/mol. The van der Waals surface area contributed by atoms with Crippen LogP contribution in [0.15, 0.2) is 24.3 Å². The second-order valence-corrected chi connectivity index (χ2v) is 5.48. The number of amides is 2. The molecule has 1 aromatic carbocycles. The molecule has 1 fully saturated rings. The number of carbonyl (C=O) groups excluding carboxylic acids is 2. The summed E-state index contributed by atoms with van der Waals surface area (Å²) in [5.74, 6) is -0.575. The van der Waals surface area contributed by atoms with Crippen LogP contribution in [-0.2, 0) is 16.0 Å². The minimum atomic E-state index is -0.518. The average molecular weight is 292 g/mol. The largest absolute Gasteiger partial charge is 0.344 e. The Kier molecular flexibility index (Phi) is 5.31. The number of rotatable bonds is 4. The standard InChI is InChI=1S/C16H21FN2O2/c1-12(16(21)19-9-3-2-4-10-19)18-15(20)11-13-5-7-14(17)8-6-13/h5-8,12H,2-4,9-11H2,1H3,(H,18,20)/t12-/m1/s1. The summed E-state index contributed by atoms with van der Waals surface area (Å²) >= 11 is 0. The zero-order valence-electron chi connectivity index (χ0n) is 12.3. The van der Waals surface area contributed by atoms with Gasteiger partial charge in [0.1, 0.15) is 11.9 Å². The molecule has 1 aliphatic heterocycles. The maximum absolute atomic E-state index is 12.8. The molecule has 1 atom stereocenters. The maximum atomic E-state index is 12.8. The Hall–Kier alpha value is -1.91. The summed E-state index contributed by atoms with van der Waals surface area (Å²) in [6.07, 6.45) is 3.37. The Labute approximate surface area is 124 Å². The van der Waals surface area contributed by atoms with Crippen molar-refractivity contribution in [2.45, 2.75) is 38.6 Å². The van der Waals surface area contributed by atoms with Crippen molar-refractivity contribution < 1.29 is 14.0 Å². The van der Waals surface area contributed by atoms with Gasteiger partial charge in [-0.15, -0.1) is 0 Å². The van der Waals surface area contributed by atoms with E-state index >= 15 is 0 Å². The first kappa shape index (κ1) is 15.5. The first-order valence-electron chi connectivity index (χ1n) is 7.39. The number of hydrogen-bond acceptors (Lipinski definition) is 2. The molecular weight excluding hydrogens is 271 g/mol. The van der Waals surface area contributed by atoms with Gasteiger partial charge in [-0.1, -0.05) is 12.1 Å². The smallest absolute Gasteiger partial charge is 0.244 e. The van der Waals surface area contributed by atoms with Crippen molar-refractivity contribution in [3.05, 3.63) is 35.6 Å². The molecule has 4 nitrogen and oxygen atoms in total. The molecule has 21 heavy (non-hydrogen) atoms. The van der Waals surface area contributed by atoms with E-state index in [4.69, 9.17) is 0 Å². The molecule has 0 radical (unpaired) electrons. The fourth-order valence-corrected chi connectivity index (χ4v) is 2.53. The Morgan fingerprint density at radius 1 is 1.19 bits per heavy atom. The highest BCUT2D eigenvalue weighted by molar-refractivity contribution is 5.88. The van der Waals surface area contributed by atoms with Crippen LogP contribution < -0.4 is 5.32 Å². The van der Waals surface area contributed by atoms with Crippen molar-refractivity contribution in [1.29, 1.82) is 0 Å². The van der Waals surface area contributed by atoms with E-state index in [9.17, 15) is 14.0 Å². The number of likely N-dealkylation sites (tertiary alicyclic amines) is 1. The molecule has 0 bridgehead atoms. The van der Waals surface area contributed by atoms with Crippen molar-refractivity contribution in [2.24, 2.45) is 0 Å². The Balaban J connectivity index is 1.83. The van der Waals surface area contributed by atoms with E-state index in [1.54, 1.807) is 19.1 Å². The molecule has 2 rings (SSSR count). The third kappa shape index (κ3) is 4.55. The normalized spacial score (nSPS) is 16.4. The number of nitrogens with zero attached hydrogens (tertiary/aromatic N) is 1. The van der Waals surface area contributed by atoms with Gasteiger partial charge in [-0.05, 0) is 43.9 Å².